The summed E-state index contributed by atoms with van der Waals surface area (Å²) in [6.45, 7) is 1.42. The summed E-state index contributed by atoms with van der Waals surface area (Å²) in [6, 6.07) is 5.10. The number of nitrogens with one attached hydrogen (secondary N) is 3. The second-order valence-corrected chi connectivity index (χ2v) is 5.20. The van der Waals surface area contributed by atoms with Crippen LogP contribution in [0.3, 0.4) is 0 Å². The lowest BCUT2D eigenvalue weighted by Crippen LogP contribution is -2.12. The fourth-order valence-corrected chi connectivity index (χ4v) is 2.67. The van der Waals surface area contributed by atoms with Crippen molar-refractivity contribution < 1.29 is 9.59 Å². The van der Waals surface area contributed by atoms with Gasteiger partial charge < -0.3 is 5.32 Å². The van der Waals surface area contributed by atoms with Gasteiger partial charge in [-0.05, 0) is 18.2 Å². The van der Waals surface area contributed by atoms with Crippen molar-refractivity contribution in [1.29, 1.82) is 0 Å². The molecule has 3 N–H and O–H groups in total. The zero-order valence-electron chi connectivity index (χ0n) is 10.9. The van der Waals surface area contributed by atoms with Gasteiger partial charge in [-0.3, -0.25) is 14.9 Å². The summed E-state index contributed by atoms with van der Waals surface area (Å²) >= 11 is 1.31. The van der Waals surface area contributed by atoms with Gasteiger partial charge in [0.05, 0.1) is 10.2 Å². The van der Waals surface area contributed by atoms with Crippen LogP contribution in [0.25, 0.3) is 10.2 Å². The topological polar surface area (TPSA) is 113 Å². The number of aromatic nitrogens is 4. The predicted molar refractivity (Wildman–Crippen MR) is 78.3 cm³/mol. The lowest BCUT2D eigenvalue weighted by molar-refractivity contribution is -0.114. The fraction of sp³-hybridized carbons (Fsp3) is 0.0833. The first-order valence-corrected chi connectivity index (χ1v) is 6.78. The van der Waals surface area contributed by atoms with Crippen molar-refractivity contribution in [3.05, 3.63) is 30.1 Å². The van der Waals surface area contributed by atoms with Crippen LogP contribution < -0.4 is 10.6 Å². The summed E-state index contributed by atoms with van der Waals surface area (Å²) in [5, 5.41) is 11.9. The van der Waals surface area contributed by atoms with E-state index in [-0.39, 0.29) is 17.8 Å². The van der Waals surface area contributed by atoms with Crippen molar-refractivity contribution in [2.75, 3.05) is 10.6 Å². The number of benzene rings is 1. The fourth-order valence-electron chi connectivity index (χ4n) is 1.72. The van der Waals surface area contributed by atoms with Crippen molar-refractivity contribution >= 4 is 44.4 Å². The highest BCUT2D eigenvalue weighted by Gasteiger charge is 2.11. The summed E-state index contributed by atoms with van der Waals surface area (Å²) in [6.07, 6.45) is 1.31. The van der Waals surface area contributed by atoms with Crippen LogP contribution in [0.5, 0.6) is 0 Å². The Morgan fingerprint density at radius 2 is 2.14 bits per heavy atom. The van der Waals surface area contributed by atoms with Gasteiger partial charge >= 0.3 is 0 Å². The number of nitrogens with zero attached hydrogens (tertiary/aromatic N) is 3. The van der Waals surface area contributed by atoms with E-state index in [1.807, 2.05) is 0 Å². The van der Waals surface area contributed by atoms with E-state index in [1.165, 1.54) is 24.6 Å². The van der Waals surface area contributed by atoms with Crippen molar-refractivity contribution in [1.82, 2.24) is 20.2 Å². The van der Waals surface area contributed by atoms with Crippen molar-refractivity contribution in [2.45, 2.75) is 6.92 Å². The number of rotatable bonds is 3. The molecule has 0 spiro atoms. The van der Waals surface area contributed by atoms with Crippen LogP contribution in [0, 0.1) is 0 Å². The molecule has 2 heterocycles. The van der Waals surface area contributed by atoms with Crippen LogP contribution in [0.2, 0.25) is 0 Å². The average molecular weight is 302 g/mol. The number of carbonyl (C=O) groups is 2. The molecule has 21 heavy (non-hydrogen) atoms. The minimum absolute atomic E-state index is 0.183. The molecule has 0 bridgehead atoms. The molecule has 2 aromatic heterocycles. The summed E-state index contributed by atoms with van der Waals surface area (Å²) in [5.74, 6) is -0.205. The molecule has 0 saturated carbocycles. The van der Waals surface area contributed by atoms with E-state index in [9.17, 15) is 9.59 Å². The first kappa shape index (κ1) is 13.2. The summed E-state index contributed by atoms with van der Waals surface area (Å²) in [4.78, 5) is 31.2. The van der Waals surface area contributed by atoms with Gasteiger partial charge in [0.15, 0.2) is 5.13 Å². The molecule has 0 fully saturated rings. The highest BCUT2D eigenvalue weighted by atomic mass is 32.1. The summed E-state index contributed by atoms with van der Waals surface area (Å²) in [7, 11) is 0. The van der Waals surface area contributed by atoms with Gasteiger partial charge in [-0.15, -0.1) is 0 Å². The Morgan fingerprint density at radius 1 is 1.29 bits per heavy atom. The van der Waals surface area contributed by atoms with Gasteiger partial charge in [0, 0.05) is 12.5 Å². The molecule has 0 atom stereocenters. The molecule has 0 aliphatic heterocycles. The summed E-state index contributed by atoms with van der Waals surface area (Å²) in [5.41, 5.74) is 1.19. The number of aromatic amines is 1. The van der Waals surface area contributed by atoms with Gasteiger partial charge in [-0.25, -0.2) is 10.1 Å². The summed E-state index contributed by atoms with van der Waals surface area (Å²) < 4.78 is 0.809. The zero-order chi connectivity index (χ0) is 14.8. The first-order valence-electron chi connectivity index (χ1n) is 5.97. The predicted octanol–water partition coefficient (Wildman–Crippen LogP) is 1.63. The Labute approximate surface area is 122 Å². The monoisotopic (exact) mass is 302 g/mol. The van der Waals surface area contributed by atoms with Crippen LogP contribution in [0.4, 0.5) is 11.1 Å². The third-order valence-corrected chi connectivity index (χ3v) is 3.51. The molecule has 2 amide bonds. The van der Waals surface area contributed by atoms with Gasteiger partial charge in [0.25, 0.3) is 5.91 Å². The van der Waals surface area contributed by atoms with E-state index in [0.29, 0.717) is 10.7 Å². The molecule has 8 nitrogen and oxygen atoms in total. The highest BCUT2D eigenvalue weighted by Crippen LogP contribution is 2.26. The largest absolute Gasteiger partial charge is 0.302 e. The molecule has 9 heteroatoms. The van der Waals surface area contributed by atoms with E-state index >= 15 is 0 Å². The second kappa shape index (κ2) is 5.29. The van der Waals surface area contributed by atoms with Crippen molar-refractivity contribution in [2.24, 2.45) is 0 Å². The van der Waals surface area contributed by atoms with E-state index in [1.54, 1.807) is 18.2 Å². The molecular weight excluding hydrogens is 292 g/mol. The molecular formula is C12H10N6O2S. The van der Waals surface area contributed by atoms with Crippen LogP contribution >= 0.6 is 11.3 Å². The lowest BCUT2D eigenvalue weighted by atomic mass is 10.2. The number of hydrogen-bond acceptors (Lipinski definition) is 6. The Kier molecular flexibility index (Phi) is 3.32. The lowest BCUT2D eigenvalue weighted by Gasteiger charge is -2.00. The van der Waals surface area contributed by atoms with Crippen molar-refractivity contribution in [3.8, 4) is 0 Å². The molecule has 0 saturated heterocycles. The first-order chi connectivity index (χ1) is 10.1. The SMILES string of the molecule is CC(=O)Nc1nc2ccc(C(=O)Nc3ncn[nH]3)cc2s1. The Bertz CT molecular complexity index is 810. The zero-order valence-corrected chi connectivity index (χ0v) is 11.7. The number of thiazole rings is 1. The Balaban J connectivity index is 1.86. The maximum absolute atomic E-state index is 12.1. The number of amides is 2. The van der Waals surface area contributed by atoms with Gasteiger partial charge in [0.1, 0.15) is 6.33 Å². The van der Waals surface area contributed by atoms with E-state index in [4.69, 9.17) is 0 Å². The smallest absolute Gasteiger partial charge is 0.258 e. The van der Waals surface area contributed by atoms with E-state index < -0.39 is 0 Å². The second-order valence-electron chi connectivity index (χ2n) is 4.17. The quantitative estimate of drug-likeness (QED) is 0.680. The number of H-pyrrole nitrogens is 1. The van der Waals surface area contributed by atoms with E-state index in [2.05, 4.69) is 30.8 Å². The number of anilines is 2. The number of fused-ring (bicyclic) bond motifs is 1. The maximum atomic E-state index is 12.1. The standard InChI is InChI=1S/C12H10N6O2S/c1-6(19)15-12-16-8-3-2-7(4-9(8)21-12)10(20)17-11-13-5-14-18-11/h2-5H,1H3,(H,15,16,19)(H2,13,14,17,18,20). The molecule has 0 unspecified atom stereocenters. The Hall–Kier alpha value is -2.81. The number of hydrogen-bond donors (Lipinski definition) is 3. The van der Waals surface area contributed by atoms with Gasteiger partial charge in [0.2, 0.25) is 11.9 Å². The van der Waals surface area contributed by atoms with Crippen molar-refractivity contribution in [3.63, 3.8) is 0 Å². The van der Waals surface area contributed by atoms with Crippen LogP contribution in [0.15, 0.2) is 24.5 Å². The molecule has 1 aromatic carbocycles. The molecule has 0 aliphatic rings. The van der Waals surface area contributed by atoms with Crippen LogP contribution in [-0.4, -0.2) is 32.0 Å². The van der Waals surface area contributed by atoms with E-state index in [0.717, 1.165) is 10.2 Å². The molecule has 3 aromatic rings. The molecule has 106 valence electrons. The Morgan fingerprint density at radius 3 is 2.86 bits per heavy atom. The normalized spacial score (nSPS) is 10.5. The van der Waals surface area contributed by atoms with Gasteiger partial charge in [-0.2, -0.15) is 10.1 Å². The third-order valence-electron chi connectivity index (χ3n) is 2.58. The minimum Gasteiger partial charge on any atom is -0.302 e. The third kappa shape index (κ3) is 2.87. The van der Waals surface area contributed by atoms with Crippen LogP contribution in [-0.2, 0) is 4.79 Å². The maximum Gasteiger partial charge on any atom is 0.258 e. The number of carbonyl (C=O) groups excluding carboxylic acids is 2. The molecule has 3 rings (SSSR count). The molecule has 0 aliphatic carbocycles. The van der Waals surface area contributed by atoms with Gasteiger partial charge in [-0.1, -0.05) is 11.3 Å². The molecule has 0 radical (unpaired) electrons. The minimum atomic E-state index is -0.303. The average Bonchev–Trinajstić information content (AvgIpc) is 3.05. The van der Waals surface area contributed by atoms with Crippen LogP contribution in [0.1, 0.15) is 17.3 Å². The highest BCUT2D eigenvalue weighted by molar-refractivity contribution is 7.22.